The molecule has 0 aliphatic rings. The molecule has 2 N–H and O–H groups in total. The van der Waals surface area contributed by atoms with E-state index in [4.69, 9.17) is 4.74 Å². The van der Waals surface area contributed by atoms with Crippen LogP contribution in [-0.2, 0) is 10.0 Å². The second kappa shape index (κ2) is 9.59. The van der Waals surface area contributed by atoms with Crippen LogP contribution >= 0.6 is 0 Å². The van der Waals surface area contributed by atoms with Crippen LogP contribution in [0.3, 0.4) is 0 Å². The molecule has 2 aromatic carbocycles. The maximum absolute atomic E-state index is 12.8. The smallest absolute Gasteiger partial charge is 0.337 e. The van der Waals surface area contributed by atoms with Crippen LogP contribution < -0.4 is 9.46 Å². The number of nitrogens with one attached hydrogen (secondary N) is 1. The van der Waals surface area contributed by atoms with Gasteiger partial charge in [0.25, 0.3) is 10.0 Å². The number of anilines is 1. The third kappa shape index (κ3) is 5.48. The monoisotopic (exact) mass is 405 g/mol. The molecule has 0 fully saturated rings. The number of para-hydroxylation sites is 1. The van der Waals surface area contributed by atoms with Gasteiger partial charge in [0.1, 0.15) is 5.75 Å². The van der Waals surface area contributed by atoms with Gasteiger partial charge < -0.3 is 9.84 Å². The van der Waals surface area contributed by atoms with Crippen molar-refractivity contribution in [3.8, 4) is 5.75 Å². The summed E-state index contributed by atoms with van der Waals surface area (Å²) in [6, 6.07) is 10.6. The van der Waals surface area contributed by atoms with Crippen molar-refractivity contribution in [1.29, 1.82) is 0 Å². The summed E-state index contributed by atoms with van der Waals surface area (Å²) in [4.78, 5) is 11.4. The van der Waals surface area contributed by atoms with Crippen molar-refractivity contribution < 1.29 is 23.1 Å². The summed E-state index contributed by atoms with van der Waals surface area (Å²) in [5.41, 5.74) is 0.720. The summed E-state index contributed by atoms with van der Waals surface area (Å²) >= 11 is 0. The molecule has 2 aromatic rings. The van der Waals surface area contributed by atoms with Gasteiger partial charge in [-0.1, -0.05) is 45.7 Å². The summed E-state index contributed by atoms with van der Waals surface area (Å²) in [7, 11) is -3.94. The minimum atomic E-state index is -3.94. The molecule has 0 aliphatic heterocycles. The predicted octanol–water partition coefficient (Wildman–Crippen LogP) is 4.88. The van der Waals surface area contributed by atoms with Gasteiger partial charge in [0.15, 0.2) is 0 Å². The fourth-order valence-corrected chi connectivity index (χ4v) is 3.89. The molecular weight excluding hydrogens is 378 g/mol. The van der Waals surface area contributed by atoms with E-state index in [1.165, 1.54) is 18.2 Å². The highest BCUT2D eigenvalue weighted by Crippen LogP contribution is 2.30. The van der Waals surface area contributed by atoms with E-state index in [0.717, 1.165) is 24.8 Å². The van der Waals surface area contributed by atoms with Gasteiger partial charge in [0.05, 0.1) is 22.8 Å². The highest BCUT2D eigenvalue weighted by molar-refractivity contribution is 7.92. The topological polar surface area (TPSA) is 92.7 Å². The lowest BCUT2D eigenvalue weighted by Crippen LogP contribution is -2.16. The number of sulfonamides is 1. The number of rotatable bonds is 10. The van der Waals surface area contributed by atoms with E-state index in [9.17, 15) is 18.3 Å². The number of carboxylic acid groups (broad SMARTS) is 1. The van der Waals surface area contributed by atoms with Gasteiger partial charge in [-0.3, -0.25) is 4.72 Å². The van der Waals surface area contributed by atoms with Crippen molar-refractivity contribution >= 4 is 21.7 Å². The van der Waals surface area contributed by atoms with E-state index in [0.29, 0.717) is 12.4 Å². The Morgan fingerprint density at radius 1 is 1.14 bits per heavy atom. The quantitative estimate of drug-likeness (QED) is 0.550. The summed E-state index contributed by atoms with van der Waals surface area (Å²) in [6.45, 7) is 6.65. The molecule has 152 valence electrons. The van der Waals surface area contributed by atoms with Crippen LogP contribution in [0.4, 0.5) is 5.69 Å². The summed E-state index contributed by atoms with van der Waals surface area (Å²) in [5.74, 6) is -0.449. The standard InChI is InChI=1S/C21H27NO5S/c1-4-5-8-13-27-20-12-11-16(14-18(20)15(2)3)28(25,26)22-19-10-7-6-9-17(19)21(23)24/h6-7,9-12,14-15,22H,4-5,8,13H2,1-3H3,(H,23,24). The molecule has 0 atom stereocenters. The fraction of sp³-hybridized carbons (Fsp3) is 0.381. The van der Waals surface area contributed by atoms with E-state index in [-0.39, 0.29) is 22.1 Å². The molecule has 0 bridgehead atoms. The van der Waals surface area contributed by atoms with E-state index in [2.05, 4.69) is 11.6 Å². The first-order valence-electron chi connectivity index (χ1n) is 9.38. The predicted molar refractivity (Wildman–Crippen MR) is 110 cm³/mol. The number of carboxylic acids is 1. The van der Waals surface area contributed by atoms with E-state index >= 15 is 0 Å². The van der Waals surface area contributed by atoms with Gasteiger partial charge in [-0.2, -0.15) is 0 Å². The number of ether oxygens (including phenoxy) is 1. The highest BCUT2D eigenvalue weighted by Gasteiger charge is 2.20. The summed E-state index contributed by atoms with van der Waals surface area (Å²) in [5, 5.41) is 9.26. The Morgan fingerprint density at radius 3 is 2.50 bits per heavy atom. The second-order valence-electron chi connectivity index (χ2n) is 6.87. The second-order valence-corrected chi connectivity index (χ2v) is 8.55. The molecule has 2 rings (SSSR count). The Balaban J connectivity index is 2.31. The first-order valence-corrected chi connectivity index (χ1v) is 10.9. The average Bonchev–Trinajstić information content (AvgIpc) is 2.65. The van der Waals surface area contributed by atoms with Crippen LogP contribution in [0.5, 0.6) is 5.75 Å². The SMILES string of the molecule is CCCCCOc1ccc(S(=O)(=O)Nc2ccccc2C(=O)O)cc1C(C)C. The van der Waals surface area contributed by atoms with Crippen LogP contribution in [0, 0.1) is 0 Å². The molecule has 0 spiro atoms. The zero-order valence-electron chi connectivity index (χ0n) is 16.4. The largest absolute Gasteiger partial charge is 0.493 e. The first kappa shape index (κ1) is 21.8. The van der Waals surface area contributed by atoms with Crippen molar-refractivity contribution in [1.82, 2.24) is 0 Å². The first-order chi connectivity index (χ1) is 13.3. The molecule has 0 aromatic heterocycles. The zero-order valence-corrected chi connectivity index (χ0v) is 17.3. The van der Waals surface area contributed by atoms with Crippen molar-refractivity contribution in [2.45, 2.75) is 50.8 Å². The number of aromatic carboxylic acids is 1. The van der Waals surface area contributed by atoms with Crippen molar-refractivity contribution in [2.24, 2.45) is 0 Å². The molecule has 6 nitrogen and oxygen atoms in total. The molecule has 0 saturated heterocycles. The maximum Gasteiger partial charge on any atom is 0.337 e. The number of unbranched alkanes of at least 4 members (excludes halogenated alkanes) is 2. The minimum absolute atomic E-state index is 0.0287. The van der Waals surface area contributed by atoms with Crippen molar-refractivity contribution in [3.63, 3.8) is 0 Å². The van der Waals surface area contributed by atoms with Crippen molar-refractivity contribution in [2.75, 3.05) is 11.3 Å². The van der Waals surface area contributed by atoms with Crippen LogP contribution in [0.15, 0.2) is 47.4 Å². The van der Waals surface area contributed by atoms with Gasteiger partial charge in [0, 0.05) is 0 Å². The normalized spacial score (nSPS) is 11.4. The van der Waals surface area contributed by atoms with Gasteiger partial charge in [-0.05, 0) is 48.2 Å². The lowest BCUT2D eigenvalue weighted by Gasteiger charge is -2.16. The molecular formula is C21H27NO5S. The number of hydrogen-bond donors (Lipinski definition) is 2. The van der Waals surface area contributed by atoms with E-state index < -0.39 is 16.0 Å². The number of carbonyl (C=O) groups is 1. The van der Waals surface area contributed by atoms with E-state index in [1.54, 1.807) is 24.3 Å². The third-order valence-electron chi connectivity index (χ3n) is 4.32. The molecule has 0 saturated carbocycles. The molecule has 0 unspecified atom stereocenters. The number of hydrogen-bond acceptors (Lipinski definition) is 4. The van der Waals surface area contributed by atoms with Gasteiger partial charge in [-0.15, -0.1) is 0 Å². The summed E-state index contributed by atoms with van der Waals surface area (Å²) < 4.78 is 33.9. The molecule has 0 radical (unpaired) electrons. The van der Waals surface area contributed by atoms with Crippen molar-refractivity contribution in [3.05, 3.63) is 53.6 Å². The maximum atomic E-state index is 12.8. The lowest BCUT2D eigenvalue weighted by molar-refractivity contribution is 0.0698. The van der Waals surface area contributed by atoms with Gasteiger partial charge >= 0.3 is 5.97 Å². The van der Waals surface area contributed by atoms with E-state index in [1.807, 2.05) is 13.8 Å². The molecule has 0 aliphatic carbocycles. The lowest BCUT2D eigenvalue weighted by atomic mass is 10.0. The fourth-order valence-electron chi connectivity index (χ4n) is 2.77. The Labute approximate surface area is 166 Å². The Morgan fingerprint density at radius 2 is 1.86 bits per heavy atom. The zero-order chi connectivity index (χ0) is 20.7. The number of benzene rings is 2. The van der Waals surface area contributed by atoms with Crippen LogP contribution in [0.25, 0.3) is 0 Å². The third-order valence-corrected chi connectivity index (χ3v) is 5.68. The highest BCUT2D eigenvalue weighted by atomic mass is 32.2. The van der Waals surface area contributed by atoms with Gasteiger partial charge in [0.2, 0.25) is 0 Å². The Hall–Kier alpha value is -2.54. The van der Waals surface area contributed by atoms with Crippen LogP contribution in [-0.4, -0.2) is 26.1 Å². The minimum Gasteiger partial charge on any atom is -0.493 e. The Kier molecular flexibility index (Phi) is 7.45. The van der Waals surface area contributed by atoms with Crippen LogP contribution in [0.2, 0.25) is 0 Å². The average molecular weight is 406 g/mol. The molecule has 7 heteroatoms. The van der Waals surface area contributed by atoms with Gasteiger partial charge in [-0.25, -0.2) is 13.2 Å². The Bertz CT molecular complexity index is 922. The molecule has 0 heterocycles. The summed E-state index contributed by atoms with van der Waals surface area (Å²) in [6.07, 6.45) is 3.12. The molecule has 28 heavy (non-hydrogen) atoms. The molecule has 0 amide bonds. The van der Waals surface area contributed by atoms with Crippen LogP contribution in [0.1, 0.15) is 61.9 Å².